The first-order chi connectivity index (χ1) is 14.9. The summed E-state index contributed by atoms with van der Waals surface area (Å²) in [5.74, 6) is -0.367. The monoisotopic (exact) mass is 467 g/mol. The molecule has 0 aromatic rings. The van der Waals surface area contributed by atoms with Gasteiger partial charge in [-0.3, -0.25) is 13.8 Å². The van der Waals surface area contributed by atoms with E-state index in [0.717, 1.165) is 25.7 Å². The Bertz CT molecular complexity index is 465. The lowest BCUT2D eigenvalue weighted by molar-refractivity contribution is -0.154. The number of carbonyl (C=O) groups excluding carboxylic acids is 1. The molecule has 0 saturated carbocycles. The highest BCUT2D eigenvalue weighted by atomic mass is 31.2. The fourth-order valence-corrected chi connectivity index (χ4v) is 3.74. The molecule has 0 rings (SSSR count). The van der Waals surface area contributed by atoms with Gasteiger partial charge in [-0.1, -0.05) is 78.1 Å². The predicted molar refractivity (Wildman–Crippen MR) is 123 cm³/mol. The van der Waals surface area contributed by atoms with Crippen molar-refractivity contribution in [2.45, 2.75) is 103 Å². The second kappa shape index (κ2) is 21.4. The van der Waals surface area contributed by atoms with Crippen molar-refractivity contribution in [3.63, 3.8) is 0 Å². The van der Waals surface area contributed by atoms with Crippen LogP contribution in [0.1, 0.15) is 97.3 Å². The van der Waals surface area contributed by atoms with Gasteiger partial charge in [0.25, 0.3) is 0 Å². The van der Waals surface area contributed by atoms with Crippen molar-refractivity contribution in [3.05, 3.63) is 0 Å². The first-order valence-electron chi connectivity index (χ1n) is 12.0. The Kier molecular flexibility index (Phi) is 21.0. The number of hydrogen-bond donors (Lipinski definition) is 2. The maximum absolute atomic E-state index is 11.9. The largest absolute Gasteiger partial charge is 0.472 e. The van der Waals surface area contributed by atoms with E-state index in [4.69, 9.17) is 24.3 Å². The molecular weight excluding hydrogens is 421 g/mol. The van der Waals surface area contributed by atoms with Gasteiger partial charge in [-0.2, -0.15) is 0 Å². The van der Waals surface area contributed by atoms with Crippen molar-refractivity contribution in [2.75, 3.05) is 33.0 Å². The summed E-state index contributed by atoms with van der Waals surface area (Å²) in [6, 6.07) is 0. The average Bonchev–Trinajstić information content (AvgIpc) is 2.75. The molecule has 0 aromatic carbocycles. The molecule has 0 aliphatic carbocycles. The fourth-order valence-electron chi connectivity index (χ4n) is 2.97. The number of phosphoric acid groups is 1. The zero-order valence-electron chi connectivity index (χ0n) is 19.7. The Balaban J connectivity index is 4.05. The van der Waals surface area contributed by atoms with E-state index >= 15 is 0 Å². The van der Waals surface area contributed by atoms with Crippen LogP contribution in [0.3, 0.4) is 0 Å². The topological polar surface area (TPSA) is 117 Å². The van der Waals surface area contributed by atoms with E-state index in [-0.39, 0.29) is 32.3 Å². The van der Waals surface area contributed by atoms with Crippen molar-refractivity contribution < 1.29 is 32.8 Å². The van der Waals surface area contributed by atoms with E-state index in [2.05, 4.69) is 6.92 Å². The number of phosphoric ester groups is 1. The molecule has 0 aliphatic heterocycles. The summed E-state index contributed by atoms with van der Waals surface area (Å²) in [5.41, 5.74) is 5.26. The number of carbonyl (C=O) groups is 1. The highest BCUT2D eigenvalue weighted by Gasteiger charge is 2.25. The Morgan fingerprint density at radius 3 is 2.00 bits per heavy atom. The number of ether oxygens (including phenoxy) is 2. The van der Waals surface area contributed by atoms with Gasteiger partial charge in [0.15, 0.2) is 0 Å². The standard InChI is InChI=1S/C22H46NO7P/c1-3-5-7-8-9-10-11-12-13-14-17-27-19-21(30-22(24)15-6-4-2)20-29-31(25,26)28-18-16-23/h21H,3-20,23H2,1-2H3,(H,25,26). The van der Waals surface area contributed by atoms with Crippen LogP contribution in [0.4, 0.5) is 0 Å². The quantitative estimate of drug-likeness (QED) is 0.121. The van der Waals surface area contributed by atoms with Gasteiger partial charge in [0.2, 0.25) is 0 Å². The van der Waals surface area contributed by atoms with Gasteiger partial charge in [-0.25, -0.2) is 4.57 Å². The molecular formula is C22H46NO7P. The zero-order valence-corrected chi connectivity index (χ0v) is 20.6. The highest BCUT2D eigenvalue weighted by molar-refractivity contribution is 7.47. The van der Waals surface area contributed by atoms with Crippen molar-refractivity contribution in [2.24, 2.45) is 5.73 Å². The van der Waals surface area contributed by atoms with E-state index in [9.17, 15) is 14.3 Å². The number of unbranched alkanes of at least 4 members (excludes halogenated alkanes) is 10. The van der Waals surface area contributed by atoms with Gasteiger partial charge in [0.1, 0.15) is 6.10 Å². The van der Waals surface area contributed by atoms with Crippen LogP contribution in [0.5, 0.6) is 0 Å². The molecule has 0 fully saturated rings. The van der Waals surface area contributed by atoms with Gasteiger partial charge in [-0.05, 0) is 12.8 Å². The highest BCUT2D eigenvalue weighted by Crippen LogP contribution is 2.43. The Morgan fingerprint density at radius 1 is 0.839 bits per heavy atom. The molecule has 0 aliphatic rings. The molecule has 0 aromatic heterocycles. The summed E-state index contributed by atoms with van der Waals surface area (Å²) < 4.78 is 32.4. The predicted octanol–water partition coefficient (Wildman–Crippen LogP) is 5.12. The maximum atomic E-state index is 11.9. The molecule has 2 atom stereocenters. The lowest BCUT2D eigenvalue weighted by Crippen LogP contribution is -2.28. The molecule has 186 valence electrons. The summed E-state index contributed by atoms with van der Waals surface area (Å²) >= 11 is 0. The summed E-state index contributed by atoms with van der Waals surface area (Å²) in [4.78, 5) is 21.5. The normalized spacial score (nSPS) is 14.3. The Morgan fingerprint density at radius 2 is 1.42 bits per heavy atom. The number of rotatable bonds is 23. The van der Waals surface area contributed by atoms with E-state index in [0.29, 0.717) is 13.0 Å². The van der Waals surface area contributed by atoms with E-state index < -0.39 is 13.9 Å². The van der Waals surface area contributed by atoms with Crippen molar-refractivity contribution >= 4 is 13.8 Å². The molecule has 2 unspecified atom stereocenters. The molecule has 0 heterocycles. The van der Waals surface area contributed by atoms with Crippen LogP contribution in [0.25, 0.3) is 0 Å². The van der Waals surface area contributed by atoms with Crippen LogP contribution in [-0.2, 0) is 27.9 Å². The molecule has 0 radical (unpaired) electrons. The van der Waals surface area contributed by atoms with Gasteiger partial charge in [0.05, 0.1) is 19.8 Å². The summed E-state index contributed by atoms with van der Waals surface area (Å²) in [6.07, 6.45) is 13.6. The smallest absolute Gasteiger partial charge is 0.457 e. The fraction of sp³-hybridized carbons (Fsp3) is 0.955. The molecule has 0 spiro atoms. The SMILES string of the molecule is CCCCCCCCCCCCOCC(COP(=O)(O)OCCN)OC(=O)CCCC. The molecule has 0 saturated heterocycles. The minimum atomic E-state index is -4.22. The van der Waals surface area contributed by atoms with E-state index in [1.165, 1.54) is 51.4 Å². The molecule has 8 nitrogen and oxygen atoms in total. The van der Waals surface area contributed by atoms with Crippen LogP contribution in [0.2, 0.25) is 0 Å². The van der Waals surface area contributed by atoms with E-state index in [1.54, 1.807) is 0 Å². The molecule has 0 amide bonds. The van der Waals surface area contributed by atoms with Crippen LogP contribution in [0, 0.1) is 0 Å². The van der Waals surface area contributed by atoms with Crippen LogP contribution >= 0.6 is 7.82 Å². The summed E-state index contributed by atoms with van der Waals surface area (Å²) in [6.45, 7) is 4.63. The molecule has 3 N–H and O–H groups in total. The lowest BCUT2D eigenvalue weighted by atomic mass is 10.1. The molecule has 31 heavy (non-hydrogen) atoms. The van der Waals surface area contributed by atoms with Crippen LogP contribution < -0.4 is 5.73 Å². The number of nitrogens with two attached hydrogens (primary N) is 1. The number of esters is 1. The lowest BCUT2D eigenvalue weighted by Gasteiger charge is -2.20. The summed E-state index contributed by atoms with van der Waals surface area (Å²) in [7, 11) is -4.22. The van der Waals surface area contributed by atoms with Gasteiger partial charge in [0, 0.05) is 19.6 Å². The Labute approximate surface area is 189 Å². The van der Waals surface area contributed by atoms with E-state index in [1.807, 2.05) is 6.92 Å². The van der Waals surface area contributed by atoms with Gasteiger partial charge >= 0.3 is 13.8 Å². The van der Waals surface area contributed by atoms with Gasteiger partial charge in [-0.15, -0.1) is 0 Å². The zero-order chi connectivity index (χ0) is 23.2. The maximum Gasteiger partial charge on any atom is 0.472 e. The van der Waals surface area contributed by atoms with Crippen molar-refractivity contribution in [3.8, 4) is 0 Å². The molecule has 0 bridgehead atoms. The second-order valence-corrected chi connectivity index (χ2v) is 9.31. The molecule has 9 heteroatoms. The number of hydrogen-bond acceptors (Lipinski definition) is 7. The minimum Gasteiger partial charge on any atom is -0.457 e. The van der Waals surface area contributed by atoms with Crippen molar-refractivity contribution in [1.82, 2.24) is 0 Å². The minimum absolute atomic E-state index is 0.0933. The first-order valence-corrected chi connectivity index (χ1v) is 13.5. The first kappa shape index (κ1) is 30.5. The third-order valence-electron chi connectivity index (χ3n) is 4.77. The third-order valence-corrected chi connectivity index (χ3v) is 5.76. The second-order valence-electron chi connectivity index (χ2n) is 7.86. The summed E-state index contributed by atoms with van der Waals surface area (Å²) in [5, 5.41) is 0. The average molecular weight is 468 g/mol. The van der Waals surface area contributed by atoms with Crippen LogP contribution in [0.15, 0.2) is 0 Å². The Hall–Kier alpha value is -0.500. The van der Waals surface area contributed by atoms with Crippen LogP contribution in [-0.4, -0.2) is 49.9 Å². The van der Waals surface area contributed by atoms with Crippen molar-refractivity contribution in [1.29, 1.82) is 0 Å². The third kappa shape index (κ3) is 21.1. The van der Waals surface area contributed by atoms with Gasteiger partial charge < -0.3 is 20.1 Å².